The largest absolute Gasteiger partial charge is 0.369 e. The van der Waals surface area contributed by atoms with Crippen molar-refractivity contribution in [2.75, 3.05) is 27.2 Å². The minimum atomic E-state index is -0.589. The molecule has 2 fully saturated rings. The Balaban J connectivity index is 1.68. The van der Waals surface area contributed by atoms with Gasteiger partial charge in [-0.2, -0.15) is 0 Å². The fourth-order valence-electron chi connectivity index (χ4n) is 4.72. The summed E-state index contributed by atoms with van der Waals surface area (Å²) in [6.07, 6.45) is 10.4. The zero-order valence-corrected chi connectivity index (χ0v) is 17.6. The summed E-state index contributed by atoms with van der Waals surface area (Å²) in [4.78, 5) is 37.3. The number of primary amides is 1. The van der Waals surface area contributed by atoms with Gasteiger partial charge in [-0.1, -0.05) is 13.8 Å². The van der Waals surface area contributed by atoms with Crippen LogP contribution in [-0.2, 0) is 15.1 Å². The molecule has 0 aromatic carbocycles. The lowest BCUT2D eigenvalue weighted by molar-refractivity contribution is -0.130. The van der Waals surface area contributed by atoms with Gasteiger partial charge in [0.25, 0.3) is 0 Å². The van der Waals surface area contributed by atoms with Crippen LogP contribution in [-0.4, -0.2) is 58.8 Å². The highest BCUT2D eigenvalue weighted by Crippen LogP contribution is 2.51. The number of hydrogen-bond donors (Lipinski definition) is 1. The first kappa shape index (κ1) is 20.7. The Kier molecular flexibility index (Phi) is 5.49. The summed E-state index contributed by atoms with van der Waals surface area (Å²) in [5, 5.41) is 0. The summed E-state index contributed by atoms with van der Waals surface area (Å²) in [6.45, 7) is 5.07. The lowest BCUT2D eigenvalue weighted by Gasteiger charge is -2.47. The Bertz CT molecular complexity index is 724. The van der Waals surface area contributed by atoms with Crippen molar-refractivity contribution in [2.45, 2.75) is 57.9 Å². The fraction of sp³-hybridized carbons (Fsp3) is 0.714. The maximum Gasteiger partial charge on any atom is 0.223 e. The predicted octanol–water partition coefficient (Wildman–Crippen LogP) is 1.93. The third kappa shape index (κ3) is 3.77. The number of nitrogens with zero attached hydrogens (tertiary/aromatic N) is 4. The zero-order valence-electron chi connectivity index (χ0n) is 17.6. The highest BCUT2D eigenvalue weighted by atomic mass is 16.2. The Morgan fingerprint density at radius 3 is 2.46 bits per heavy atom. The van der Waals surface area contributed by atoms with Gasteiger partial charge in [0.05, 0.1) is 17.4 Å². The molecule has 0 radical (unpaired) electrons. The van der Waals surface area contributed by atoms with Crippen LogP contribution in [0.15, 0.2) is 18.6 Å². The summed E-state index contributed by atoms with van der Waals surface area (Å²) in [5.74, 6) is -0.108. The smallest absolute Gasteiger partial charge is 0.223 e. The van der Waals surface area contributed by atoms with Gasteiger partial charge in [-0.05, 0) is 51.6 Å². The standard InChI is InChI=1S/C21H33N5O2/c1-19(2,18(22)28)9-12-26-15-20(13-17(26)27)5-7-21(8-6-20,25(3)4)16-14-23-10-11-24-16/h10-11,14H,5-9,12-13,15H2,1-4H3,(H2,22,28). The summed E-state index contributed by atoms with van der Waals surface area (Å²) in [5.41, 5.74) is 5.82. The third-order valence-electron chi connectivity index (χ3n) is 7.11. The molecule has 1 aliphatic carbocycles. The van der Waals surface area contributed by atoms with E-state index in [1.807, 2.05) is 24.9 Å². The summed E-state index contributed by atoms with van der Waals surface area (Å²) >= 11 is 0. The second-order valence-corrected chi connectivity index (χ2v) is 9.51. The second-order valence-electron chi connectivity index (χ2n) is 9.51. The van der Waals surface area contributed by atoms with E-state index in [-0.39, 0.29) is 22.8 Å². The quantitative estimate of drug-likeness (QED) is 0.805. The Morgan fingerprint density at radius 2 is 1.93 bits per heavy atom. The summed E-state index contributed by atoms with van der Waals surface area (Å²) in [7, 11) is 4.20. The number of rotatable bonds is 6. The monoisotopic (exact) mass is 387 g/mol. The lowest BCUT2D eigenvalue weighted by atomic mass is 9.65. The predicted molar refractivity (Wildman–Crippen MR) is 107 cm³/mol. The number of carbonyl (C=O) groups excluding carboxylic acids is 2. The van der Waals surface area contributed by atoms with Gasteiger partial charge in [-0.25, -0.2) is 0 Å². The van der Waals surface area contributed by atoms with Crippen molar-refractivity contribution in [3.63, 3.8) is 0 Å². The maximum atomic E-state index is 12.7. The van der Waals surface area contributed by atoms with Gasteiger partial charge >= 0.3 is 0 Å². The molecule has 28 heavy (non-hydrogen) atoms. The van der Waals surface area contributed by atoms with Gasteiger partial charge in [0.1, 0.15) is 0 Å². The molecule has 154 valence electrons. The molecule has 1 aromatic heterocycles. The molecule has 0 atom stereocenters. The molecule has 1 saturated heterocycles. The molecule has 1 aromatic rings. The lowest BCUT2D eigenvalue weighted by Crippen LogP contribution is -2.48. The first-order valence-corrected chi connectivity index (χ1v) is 10.1. The van der Waals surface area contributed by atoms with E-state index in [2.05, 4.69) is 29.0 Å². The summed E-state index contributed by atoms with van der Waals surface area (Å²) in [6, 6.07) is 0. The second kappa shape index (κ2) is 7.43. The molecule has 7 nitrogen and oxygen atoms in total. The number of nitrogens with two attached hydrogens (primary N) is 1. The van der Waals surface area contributed by atoms with Crippen LogP contribution in [0.1, 0.15) is 58.1 Å². The molecule has 7 heteroatoms. The van der Waals surface area contributed by atoms with Crippen molar-refractivity contribution in [2.24, 2.45) is 16.6 Å². The van der Waals surface area contributed by atoms with Crippen LogP contribution >= 0.6 is 0 Å². The average Bonchev–Trinajstić information content (AvgIpc) is 2.96. The van der Waals surface area contributed by atoms with Crippen LogP contribution < -0.4 is 5.73 Å². The Hall–Kier alpha value is -2.02. The van der Waals surface area contributed by atoms with E-state index >= 15 is 0 Å². The van der Waals surface area contributed by atoms with E-state index in [4.69, 9.17) is 5.73 Å². The highest BCUT2D eigenvalue weighted by Gasteiger charge is 2.50. The highest BCUT2D eigenvalue weighted by molar-refractivity contribution is 5.81. The molecule has 1 spiro atoms. The van der Waals surface area contributed by atoms with Crippen LogP contribution in [0.2, 0.25) is 0 Å². The molecule has 1 aliphatic heterocycles. The van der Waals surface area contributed by atoms with E-state index in [0.717, 1.165) is 37.9 Å². The third-order valence-corrected chi connectivity index (χ3v) is 7.11. The van der Waals surface area contributed by atoms with E-state index < -0.39 is 5.41 Å². The summed E-state index contributed by atoms with van der Waals surface area (Å²) < 4.78 is 0. The SMILES string of the molecule is CN(C)C1(c2cnccn2)CCC2(CC1)CC(=O)N(CCC(C)(C)C(N)=O)C2. The van der Waals surface area contributed by atoms with E-state index in [1.54, 1.807) is 12.4 Å². The van der Waals surface area contributed by atoms with Crippen molar-refractivity contribution in [3.8, 4) is 0 Å². The molecular weight excluding hydrogens is 354 g/mol. The topological polar surface area (TPSA) is 92.4 Å². The normalized spacial score (nSPS) is 28.3. The van der Waals surface area contributed by atoms with Gasteiger partial charge in [-0.3, -0.25) is 24.5 Å². The molecule has 0 bridgehead atoms. The van der Waals surface area contributed by atoms with Gasteiger partial charge in [-0.15, -0.1) is 0 Å². The van der Waals surface area contributed by atoms with Crippen molar-refractivity contribution in [1.82, 2.24) is 19.8 Å². The minimum Gasteiger partial charge on any atom is -0.369 e. The van der Waals surface area contributed by atoms with Crippen molar-refractivity contribution in [3.05, 3.63) is 24.3 Å². The molecule has 1 saturated carbocycles. The number of amides is 2. The first-order chi connectivity index (χ1) is 13.1. The van der Waals surface area contributed by atoms with Gasteiger partial charge in [0, 0.05) is 37.3 Å². The molecule has 2 amide bonds. The molecule has 0 unspecified atom stereocenters. The maximum absolute atomic E-state index is 12.7. The molecule has 3 rings (SSSR count). The van der Waals surface area contributed by atoms with Crippen molar-refractivity contribution < 1.29 is 9.59 Å². The van der Waals surface area contributed by atoms with E-state index in [0.29, 0.717) is 19.4 Å². The fourth-order valence-corrected chi connectivity index (χ4v) is 4.72. The van der Waals surface area contributed by atoms with Crippen LogP contribution in [0.25, 0.3) is 0 Å². The van der Waals surface area contributed by atoms with Crippen LogP contribution in [0.4, 0.5) is 0 Å². The molecule has 2 heterocycles. The Labute approximate surface area is 167 Å². The van der Waals surface area contributed by atoms with Gasteiger partial charge in [0.15, 0.2) is 0 Å². The molecule has 2 aliphatic rings. The number of likely N-dealkylation sites (tertiary alicyclic amines) is 1. The van der Waals surface area contributed by atoms with E-state index in [9.17, 15) is 9.59 Å². The number of aromatic nitrogens is 2. The minimum absolute atomic E-state index is 0.0374. The molecular formula is C21H33N5O2. The first-order valence-electron chi connectivity index (χ1n) is 10.1. The van der Waals surface area contributed by atoms with Crippen LogP contribution in [0.3, 0.4) is 0 Å². The van der Waals surface area contributed by atoms with Crippen LogP contribution in [0.5, 0.6) is 0 Å². The molecule has 2 N–H and O–H groups in total. The number of carbonyl (C=O) groups is 2. The number of hydrogen-bond acceptors (Lipinski definition) is 5. The van der Waals surface area contributed by atoms with Crippen molar-refractivity contribution in [1.29, 1.82) is 0 Å². The van der Waals surface area contributed by atoms with Gasteiger partial charge < -0.3 is 10.6 Å². The van der Waals surface area contributed by atoms with E-state index in [1.165, 1.54) is 0 Å². The van der Waals surface area contributed by atoms with Crippen LogP contribution in [0, 0.1) is 10.8 Å². The average molecular weight is 388 g/mol. The zero-order chi connectivity index (χ0) is 20.6. The Morgan fingerprint density at radius 1 is 1.25 bits per heavy atom. The van der Waals surface area contributed by atoms with Crippen molar-refractivity contribution >= 4 is 11.8 Å². The van der Waals surface area contributed by atoms with Gasteiger partial charge in [0.2, 0.25) is 11.8 Å².